The van der Waals surface area contributed by atoms with Crippen molar-refractivity contribution in [2.24, 2.45) is 0 Å². The third-order valence-corrected chi connectivity index (χ3v) is 0. The Hall–Kier alpha value is 5.39. The standard InChI is InChI=1S/Ca.Li.Sm.Sr.Ti. The fourth-order valence-electron chi connectivity index (χ4n) is 0. The zero-order chi connectivity index (χ0) is 0. The maximum atomic E-state index is 0. The molecule has 0 amide bonds. The van der Waals surface area contributed by atoms with E-state index in [0.717, 1.165) is 0 Å². The van der Waals surface area contributed by atoms with E-state index in [1.165, 1.54) is 0 Å². The van der Waals surface area contributed by atoms with Crippen molar-refractivity contribution >= 4 is 102 Å². The molecule has 0 saturated heterocycles. The monoisotopic (exact) mass is 335 g/mol. The van der Waals surface area contributed by atoms with Crippen molar-refractivity contribution in [2.45, 2.75) is 0 Å². The average molecular weight is 333 g/mol. The van der Waals surface area contributed by atoms with E-state index >= 15 is 0 Å². The Kier molecular flexibility index (Phi) is 143. The van der Waals surface area contributed by atoms with Crippen LogP contribution in [-0.2, 0) is 21.7 Å². The van der Waals surface area contributed by atoms with Gasteiger partial charge in [0, 0.05) is 164 Å². The zero-order valence-electron chi connectivity index (χ0n) is 3.32. The molecule has 0 bridgehead atoms. The molecule has 0 heterocycles. The van der Waals surface area contributed by atoms with Crippen LogP contribution in [0.4, 0.5) is 0 Å². The van der Waals surface area contributed by atoms with Gasteiger partial charge in [-0.2, -0.15) is 0 Å². The van der Waals surface area contributed by atoms with Crippen LogP contribution in [0, 0.1) is 40.4 Å². The molecule has 5 radical (unpaired) electrons. The van der Waals surface area contributed by atoms with Crippen LogP contribution in [0.3, 0.4) is 0 Å². The zero-order valence-corrected chi connectivity index (χ0v) is 13.2. The second kappa shape index (κ2) is 22.8. The molecule has 5 heteroatoms. The topological polar surface area (TPSA) is 0 Å². The van der Waals surface area contributed by atoms with Gasteiger partial charge in [0.15, 0.2) is 0 Å². The van der Waals surface area contributed by atoms with E-state index in [2.05, 4.69) is 0 Å². The van der Waals surface area contributed by atoms with Crippen molar-refractivity contribution in [3.05, 3.63) is 0 Å². The average Bonchev–Trinajstić information content (AvgIpc) is 0. The molecule has 0 aromatic heterocycles. The molecule has 0 aliphatic heterocycles. The van der Waals surface area contributed by atoms with E-state index in [-0.39, 0.29) is 164 Å². The molecule has 0 rings (SSSR count). The first kappa shape index (κ1) is 31.5. The van der Waals surface area contributed by atoms with E-state index in [4.69, 9.17) is 0 Å². The van der Waals surface area contributed by atoms with Gasteiger partial charge in [0.1, 0.15) is 0 Å². The van der Waals surface area contributed by atoms with Crippen LogP contribution >= 0.6 is 0 Å². The summed E-state index contributed by atoms with van der Waals surface area (Å²) in [6.45, 7) is 0. The number of rotatable bonds is 0. The van der Waals surface area contributed by atoms with E-state index < -0.39 is 0 Å². The Morgan fingerprint density at radius 2 is 1.00 bits per heavy atom. The maximum absolute atomic E-state index is 0. The Balaban J connectivity index is 0. The number of hydrogen-bond donors (Lipinski definition) is 0. The van der Waals surface area contributed by atoms with E-state index in [1.54, 1.807) is 0 Å². The first-order valence-corrected chi connectivity index (χ1v) is 0. The van der Waals surface area contributed by atoms with Crippen LogP contribution in [0.1, 0.15) is 0 Å². The van der Waals surface area contributed by atoms with Crippen molar-refractivity contribution in [3.8, 4) is 0 Å². The van der Waals surface area contributed by atoms with Crippen molar-refractivity contribution in [2.75, 3.05) is 0 Å². The molecular formula is CaLiSmSrTi. The summed E-state index contributed by atoms with van der Waals surface area (Å²) >= 11 is 0. The Morgan fingerprint density at radius 1 is 1.00 bits per heavy atom. The molecule has 0 aliphatic carbocycles. The molecule has 0 spiro atoms. The molecule has 0 aliphatic rings. The molecular weight excluding hydrogens is 333 g/mol. The van der Waals surface area contributed by atoms with Gasteiger partial charge in [0.2, 0.25) is 0 Å². The predicted octanol–water partition coefficient (Wildman–Crippen LogP) is -1.14. The van der Waals surface area contributed by atoms with E-state index in [1.807, 2.05) is 0 Å². The fraction of sp³-hybridized carbons (Fsp3) is 0. The Bertz CT molecular complexity index is 11.6. The first-order valence-electron chi connectivity index (χ1n) is 0. The van der Waals surface area contributed by atoms with Gasteiger partial charge in [-0.05, 0) is 0 Å². The van der Waals surface area contributed by atoms with Gasteiger partial charge in [0.05, 0.1) is 0 Å². The molecule has 0 nitrogen and oxygen atoms in total. The Labute approximate surface area is 159 Å². The summed E-state index contributed by atoms with van der Waals surface area (Å²) in [5.41, 5.74) is 0. The van der Waals surface area contributed by atoms with Crippen LogP contribution in [-0.4, -0.2) is 102 Å². The number of hydrogen-bond acceptors (Lipinski definition) is 0. The quantitative estimate of drug-likeness (QED) is 0.492. The van der Waals surface area contributed by atoms with Crippen LogP contribution in [0.25, 0.3) is 0 Å². The summed E-state index contributed by atoms with van der Waals surface area (Å²) in [7, 11) is 0. The molecule has 0 fully saturated rings. The molecule has 0 atom stereocenters. The smallest absolute Gasteiger partial charge is 0 e. The largest absolute Gasteiger partial charge is 0 e. The van der Waals surface area contributed by atoms with E-state index in [0.29, 0.717) is 0 Å². The summed E-state index contributed by atoms with van der Waals surface area (Å²) in [5, 5.41) is 0. The summed E-state index contributed by atoms with van der Waals surface area (Å²) in [4.78, 5) is 0. The third-order valence-electron chi connectivity index (χ3n) is 0. The third kappa shape index (κ3) is 17.7. The van der Waals surface area contributed by atoms with Gasteiger partial charge in [-0.25, -0.2) is 0 Å². The van der Waals surface area contributed by atoms with Crippen LogP contribution in [0.5, 0.6) is 0 Å². The van der Waals surface area contributed by atoms with Crippen LogP contribution in [0.2, 0.25) is 0 Å². The maximum Gasteiger partial charge on any atom is 0 e. The molecule has 0 N–H and O–H groups in total. The van der Waals surface area contributed by atoms with Crippen LogP contribution < -0.4 is 0 Å². The van der Waals surface area contributed by atoms with Gasteiger partial charge in [0.25, 0.3) is 0 Å². The summed E-state index contributed by atoms with van der Waals surface area (Å²) in [6, 6.07) is 0. The van der Waals surface area contributed by atoms with Gasteiger partial charge in [-0.3, -0.25) is 0 Å². The van der Waals surface area contributed by atoms with Crippen molar-refractivity contribution in [1.29, 1.82) is 0 Å². The SMILES string of the molecule is [Ca].[Li].[Sm].[Sr].[Ti]. The summed E-state index contributed by atoms with van der Waals surface area (Å²) < 4.78 is 0. The van der Waals surface area contributed by atoms with Crippen molar-refractivity contribution in [1.82, 2.24) is 0 Å². The minimum atomic E-state index is 0. The summed E-state index contributed by atoms with van der Waals surface area (Å²) in [5.74, 6) is 0. The normalized spacial score (nSPS) is 0. The van der Waals surface area contributed by atoms with Crippen molar-refractivity contribution < 1.29 is 62.1 Å². The molecule has 0 saturated carbocycles. The van der Waals surface area contributed by atoms with Gasteiger partial charge in [-0.1, -0.05) is 0 Å². The fourth-order valence-corrected chi connectivity index (χ4v) is 0. The van der Waals surface area contributed by atoms with Crippen LogP contribution in [0.15, 0.2) is 0 Å². The first-order chi connectivity index (χ1) is 0. The second-order valence-corrected chi connectivity index (χ2v) is 0. The molecule has 5 heavy (non-hydrogen) atoms. The molecule has 0 unspecified atom stereocenters. The second-order valence-electron chi connectivity index (χ2n) is 0. The molecule has 0 aromatic carbocycles. The molecule has 0 aromatic rings. The predicted molar refractivity (Wildman–Crippen MR) is 17.3 cm³/mol. The Morgan fingerprint density at radius 3 is 1.00 bits per heavy atom. The summed E-state index contributed by atoms with van der Waals surface area (Å²) in [6.07, 6.45) is 0. The van der Waals surface area contributed by atoms with Gasteiger partial charge < -0.3 is 0 Å². The van der Waals surface area contributed by atoms with E-state index in [9.17, 15) is 0 Å². The van der Waals surface area contributed by atoms with Gasteiger partial charge >= 0.3 is 0 Å². The van der Waals surface area contributed by atoms with Gasteiger partial charge in [-0.15, -0.1) is 0 Å². The molecule has 15 valence electrons. The minimum absolute atomic E-state index is 0. The van der Waals surface area contributed by atoms with Crippen molar-refractivity contribution in [3.63, 3.8) is 0 Å². The minimum Gasteiger partial charge on any atom is 0 e.